The molecule has 0 atom stereocenters. The molecule has 0 radical (unpaired) electrons. The maximum atomic E-state index is 12.3. The summed E-state index contributed by atoms with van der Waals surface area (Å²) in [5.41, 5.74) is 4.21. The van der Waals surface area contributed by atoms with Gasteiger partial charge in [0, 0.05) is 31.2 Å². The van der Waals surface area contributed by atoms with Crippen LogP contribution in [0, 0.1) is 0 Å². The van der Waals surface area contributed by atoms with Crippen molar-refractivity contribution in [3.05, 3.63) is 57.2 Å². The summed E-state index contributed by atoms with van der Waals surface area (Å²) >= 11 is 0. The molecule has 6 aromatic rings. The SMILES string of the molecule is Cn1c(=O)n(C)c2cc(-c3c4c[nH][nH]c4nc4c3oc3c(O)c(=O)ccc34)ccc21. The smallest absolute Gasteiger partial charge is 0.328 e. The molecule has 0 unspecified atom stereocenters. The Balaban J connectivity index is 1.81. The minimum atomic E-state index is -0.511. The molecule has 9 heteroatoms. The van der Waals surface area contributed by atoms with Crippen molar-refractivity contribution in [3.63, 3.8) is 0 Å². The Bertz CT molecular complexity index is 1780. The van der Waals surface area contributed by atoms with Crippen molar-refractivity contribution < 1.29 is 9.52 Å². The van der Waals surface area contributed by atoms with Crippen LogP contribution in [0.3, 0.4) is 0 Å². The summed E-state index contributed by atoms with van der Waals surface area (Å²) in [7, 11) is 3.46. The number of aromatic hydroxyl groups is 1. The van der Waals surface area contributed by atoms with Gasteiger partial charge in [0.05, 0.1) is 16.4 Å². The number of rotatable bonds is 1. The van der Waals surface area contributed by atoms with E-state index in [2.05, 4.69) is 15.2 Å². The first-order valence-corrected chi connectivity index (χ1v) is 9.25. The molecule has 0 aliphatic heterocycles. The third-order valence-electron chi connectivity index (χ3n) is 5.71. The molecule has 0 amide bonds. The van der Waals surface area contributed by atoms with Gasteiger partial charge in [-0.1, -0.05) is 6.07 Å². The second-order valence-corrected chi connectivity index (χ2v) is 7.34. The molecule has 0 aliphatic carbocycles. The van der Waals surface area contributed by atoms with Crippen molar-refractivity contribution in [1.82, 2.24) is 24.3 Å². The van der Waals surface area contributed by atoms with E-state index < -0.39 is 11.2 Å². The summed E-state index contributed by atoms with van der Waals surface area (Å²) in [4.78, 5) is 28.9. The fourth-order valence-electron chi connectivity index (χ4n) is 4.17. The number of fused-ring (bicyclic) bond motifs is 5. The fraction of sp³-hybridized carbons (Fsp3) is 0.0952. The zero-order valence-electron chi connectivity index (χ0n) is 16.0. The number of hydrogen-bond acceptors (Lipinski definition) is 5. The number of H-pyrrole nitrogens is 2. The Kier molecular flexibility index (Phi) is 3.01. The van der Waals surface area contributed by atoms with Crippen molar-refractivity contribution in [2.45, 2.75) is 0 Å². The third kappa shape index (κ3) is 1.93. The Morgan fingerprint density at radius 3 is 2.63 bits per heavy atom. The van der Waals surface area contributed by atoms with Gasteiger partial charge in [0.25, 0.3) is 0 Å². The first kappa shape index (κ1) is 16.7. The zero-order valence-corrected chi connectivity index (χ0v) is 16.0. The van der Waals surface area contributed by atoms with Crippen molar-refractivity contribution in [3.8, 4) is 16.9 Å². The summed E-state index contributed by atoms with van der Waals surface area (Å²) < 4.78 is 9.17. The lowest BCUT2D eigenvalue weighted by atomic mass is 10.0. The summed E-state index contributed by atoms with van der Waals surface area (Å²) in [5, 5.41) is 17.5. The minimum absolute atomic E-state index is 0.107. The average molecular weight is 401 g/mol. The van der Waals surface area contributed by atoms with Gasteiger partial charge in [-0.3, -0.25) is 19.0 Å². The van der Waals surface area contributed by atoms with Crippen LogP contribution in [0.25, 0.3) is 55.3 Å². The highest BCUT2D eigenvalue weighted by Crippen LogP contribution is 2.40. The molecule has 0 fully saturated rings. The van der Waals surface area contributed by atoms with E-state index in [0.29, 0.717) is 22.1 Å². The number of imidazole rings is 1. The molecule has 0 aliphatic rings. The van der Waals surface area contributed by atoms with Crippen LogP contribution in [0.15, 0.2) is 50.5 Å². The first-order chi connectivity index (χ1) is 14.5. The molecule has 9 nitrogen and oxygen atoms in total. The molecule has 30 heavy (non-hydrogen) atoms. The molecule has 2 aromatic carbocycles. The number of nitrogens with one attached hydrogen (secondary N) is 2. The van der Waals surface area contributed by atoms with Crippen LogP contribution in [0.2, 0.25) is 0 Å². The lowest BCUT2D eigenvalue weighted by Crippen LogP contribution is -2.19. The average Bonchev–Trinajstić information content (AvgIpc) is 3.42. The van der Waals surface area contributed by atoms with E-state index in [1.54, 1.807) is 35.5 Å². The first-order valence-electron chi connectivity index (χ1n) is 9.25. The molecule has 0 bridgehead atoms. The number of aromatic amines is 2. The van der Waals surface area contributed by atoms with Crippen molar-refractivity contribution in [1.29, 1.82) is 0 Å². The molecule has 4 aromatic heterocycles. The van der Waals surface area contributed by atoms with E-state index in [-0.39, 0.29) is 11.3 Å². The fourth-order valence-corrected chi connectivity index (χ4v) is 4.17. The maximum absolute atomic E-state index is 12.3. The monoisotopic (exact) mass is 401 g/mol. The van der Waals surface area contributed by atoms with Gasteiger partial charge in [-0.05, 0) is 29.8 Å². The van der Waals surface area contributed by atoms with Gasteiger partial charge in [0.1, 0.15) is 5.52 Å². The molecule has 0 spiro atoms. The Morgan fingerprint density at radius 2 is 1.80 bits per heavy atom. The molecule has 0 saturated heterocycles. The maximum Gasteiger partial charge on any atom is 0.328 e. The number of phenolic OH excluding ortho intramolecular Hbond substituents is 1. The van der Waals surface area contributed by atoms with Crippen molar-refractivity contribution in [2.24, 2.45) is 14.1 Å². The van der Waals surface area contributed by atoms with Crippen LogP contribution in [0.5, 0.6) is 5.75 Å². The number of aryl methyl sites for hydroxylation is 2. The quantitative estimate of drug-likeness (QED) is 0.391. The van der Waals surface area contributed by atoms with Gasteiger partial charge in [-0.25, -0.2) is 9.78 Å². The number of pyridine rings is 1. The summed E-state index contributed by atoms with van der Waals surface area (Å²) in [6.45, 7) is 0. The van der Waals surface area contributed by atoms with Crippen LogP contribution in [-0.4, -0.2) is 29.4 Å². The van der Waals surface area contributed by atoms with Gasteiger partial charge in [-0.15, -0.1) is 0 Å². The largest absolute Gasteiger partial charge is 0.502 e. The third-order valence-corrected chi connectivity index (χ3v) is 5.71. The molecule has 0 saturated carbocycles. The van der Waals surface area contributed by atoms with Crippen LogP contribution in [-0.2, 0) is 14.1 Å². The van der Waals surface area contributed by atoms with E-state index in [1.807, 2.05) is 18.2 Å². The number of benzene rings is 2. The Morgan fingerprint density at radius 1 is 1.00 bits per heavy atom. The van der Waals surface area contributed by atoms with Crippen molar-refractivity contribution >= 4 is 44.1 Å². The molecule has 6 rings (SSSR count). The molecule has 148 valence electrons. The zero-order chi connectivity index (χ0) is 20.7. The highest BCUT2D eigenvalue weighted by Gasteiger charge is 2.21. The van der Waals surface area contributed by atoms with Gasteiger partial charge in [0.2, 0.25) is 11.2 Å². The van der Waals surface area contributed by atoms with E-state index >= 15 is 0 Å². The predicted octanol–water partition coefficient (Wildman–Crippen LogP) is 2.71. The highest BCUT2D eigenvalue weighted by atomic mass is 16.4. The van der Waals surface area contributed by atoms with Gasteiger partial charge in [-0.2, -0.15) is 0 Å². The van der Waals surface area contributed by atoms with Crippen LogP contribution in [0.1, 0.15) is 0 Å². The molecule has 4 heterocycles. The second-order valence-electron chi connectivity index (χ2n) is 7.34. The number of aromatic nitrogens is 5. The molecular weight excluding hydrogens is 386 g/mol. The summed E-state index contributed by atoms with van der Waals surface area (Å²) in [6, 6.07) is 8.61. The minimum Gasteiger partial charge on any atom is -0.502 e. The van der Waals surface area contributed by atoms with Crippen LogP contribution in [0.4, 0.5) is 0 Å². The highest BCUT2D eigenvalue weighted by molar-refractivity contribution is 6.15. The van der Waals surface area contributed by atoms with Gasteiger partial charge < -0.3 is 14.6 Å². The van der Waals surface area contributed by atoms with Gasteiger partial charge >= 0.3 is 5.69 Å². The number of furan rings is 1. The normalized spacial score (nSPS) is 12.1. The van der Waals surface area contributed by atoms with E-state index in [4.69, 9.17) is 4.42 Å². The van der Waals surface area contributed by atoms with Crippen molar-refractivity contribution in [2.75, 3.05) is 0 Å². The molecular formula is C21H15N5O4. The second kappa shape index (κ2) is 5.41. The lowest BCUT2D eigenvalue weighted by Gasteiger charge is -2.06. The lowest BCUT2D eigenvalue weighted by molar-refractivity contribution is 0.464. The number of hydrogen-bond donors (Lipinski definition) is 3. The Hall–Kier alpha value is -4.27. The topological polar surface area (TPSA) is 122 Å². The Labute approximate surface area is 166 Å². The van der Waals surface area contributed by atoms with Crippen LogP contribution >= 0.6 is 0 Å². The summed E-state index contributed by atoms with van der Waals surface area (Å²) in [5.74, 6) is -0.437. The standard InChI is InChI=1S/C21H15N5O4/c1-25-12-5-3-9(7-13(12)26(2)21(25)29)15-11-8-22-24-20(11)23-16-10-4-6-14(27)17(28)18(10)30-19(15)16/h3-8,28H,1-2H3,(H2,22,23,24). The summed E-state index contributed by atoms with van der Waals surface area (Å²) in [6.07, 6.45) is 1.78. The number of nitrogens with zero attached hydrogens (tertiary/aromatic N) is 3. The number of phenols is 1. The van der Waals surface area contributed by atoms with E-state index in [1.165, 1.54) is 6.07 Å². The van der Waals surface area contributed by atoms with E-state index in [0.717, 1.165) is 27.5 Å². The van der Waals surface area contributed by atoms with Gasteiger partial charge in [0.15, 0.2) is 16.8 Å². The van der Waals surface area contributed by atoms with E-state index in [9.17, 15) is 14.7 Å². The molecule has 3 N–H and O–H groups in total. The predicted molar refractivity (Wildman–Crippen MR) is 113 cm³/mol. The van der Waals surface area contributed by atoms with Crippen LogP contribution < -0.4 is 11.1 Å².